The maximum atomic E-state index is 12.3. The van der Waals surface area contributed by atoms with Gasteiger partial charge < -0.3 is 4.98 Å². The van der Waals surface area contributed by atoms with Gasteiger partial charge in [-0.25, -0.2) is 9.97 Å². The molecule has 0 saturated heterocycles. The van der Waals surface area contributed by atoms with Gasteiger partial charge in [-0.1, -0.05) is 29.8 Å². The Labute approximate surface area is 135 Å². The molecule has 0 saturated carbocycles. The van der Waals surface area contributed by atoms with Crippen molar-refractivity contribution in [3.05, 3.63) is 64.8 Å². The Morgan fingerprint density at radius 2 is 1.96 bits per heavy atom. The molecule has 23 heavy (non-hydrogen) atoms. The molecule has 0 fully saturated rings. The van der Waals surface area contributed by atoms with Crippen molar-refractivity contribution in [2.75, 3.05) is 0 Å². The van der Waals surface area contributed by atoms with Gasteiger partial charge in [-0.2, -0.15) is 0 Å². The molecular formula is C17H12N4OS. The summed E-state index contributed by atoms with van der Waals surface area (Å²) in [7, 11) is 0. The van der Waals surface area contributed by atoms with Crippen LogP contribution in [0, 0.1) is 6.92 Å². The fraction of sp³-hybridized carbons (Fsp3) is 0.0588. The van der Waals surface area contributed by atoms with E-state index < -0.39 is 0 Å². The zero-order valence-electron chi connectivity index (χ0n) is 12.3. The van der Waals surface area contributed by atoms with Crippen molar-refractivity contribution in [2.45, 2.75) is 6.92 Å². The highest BCUT2D eigenvalue weighted by atomic mass is 32.1. The minimum atomic E-state index is -0.154. The summed E-state index contributed by atoms with van der Waals surface area (Å²) < 4.78 is 0.619. The topological polar surface area (TPSA) is 71.5 Å². The summed E-state index contributed by atoms with van der Waals surface area (Å²) in [5, 5.41) is 0. The maximum absolute atomic E-state index is 12.3. The number of H-pyrrole nitrogens is 1. The highest BCUT2D eigenvalue weighted by Gasteiger charge is 2.11. The third kappa shape index (κ3) is 2.53. The second-order valence-corrected chi connectivity index (χ2v) is 6.25. The second-order valence-electron chi connectivity index (χ2n) is 5.20. The van der Waals surface area contributed by atoms with Crippen LogP contribution in [0.2, 0.25) is 0 Å². The maximum Gasteiger partial charge on any atom is 0.269 e. The predicted molar refractivity (Wildman–Crippen MR) is 91.4 cm³/mol. The van der Waals surface area contributed by atoms with E-state index in [1.165, 1.54) is 16.9 Å². The number of hydrogen-bond acceptors (Lipinski definition) is 5. The summed E-state index contributed by atoms with van der Waals surface area (Å²) in [6, 6.07) is 10.2. The third-order valence-corrected chi connectivity index (χ3v) is 4.70. The first-order chi connectivity index (χ1) is 11.2. The minimum absolute atomic E-state index is 0.154. The number of nitrogens with one attached hydrogen (secondary N) is 1. The molecule has 0 aliphatic rings. The van der Waals surface area contributed by atoms with Gasteiger partial charge in [-0.15, -0.1) is 11.3 Å². The third-order valence-electron chi connectivity index (χ3n) is 3.52. The second kappa shape index (κ2) is 5.40. The van der Waals surface area contributed by atoms with Crippen LogP contribution in [0.1, 0.15) is 5.56 Å². The van der Waals surface area contributed by atoms with Crippen molar-refractivity contribution in [3.63, 3.8) is 0 Å². The number of hydrogen-bond donors (Lipinski definition) is 1. The molecule has 5 nitrogen and oxygen atoms in total. The average Bonchev–Trinajstić information content (AvgIpc) is 3.01. The van der Waals surface area contributed by atoms with Crippen LogP contribution >= 0.6 is 11.3 Å². The highest BCUT2D eigenvalue weighted by molar-refractivity contribution is 7.22. The van der Waals surface area contributed by atoms with E-state index in [0.717, 1.165) is 10.4 Å². The number of nitrogens with zero attached hydrogens (tertiary/aromatic N) is 3. The van der Waals surface area contributed by atoms with Crippen LogP contribution in [0.15, 0.2) is 53.7 Å². The number of benzene rings is 1. The van der Waals surface area contributed by atoms with Crippen LogP contribution in [0.5, 0.6) is 0 Å². The molecule has 0 unspecified atom stereocenters. The fourth-order valence-corrected chi connectivity index (χ4v) is 3.34. The van der Waals surface area contributed by atoms with Crippen molar-refractivity contribution < 1.29 is 0 Å². The van der Waals surface area contributed by atoms with E-state index in [4.69, 9.17) is 0 Å². The zero-order valence-corrected chi connectivity index (χ0v) is 13.1. The van der Waals surface area contributed by atoms with Gasteiger partial charge in [0, 0.05) is 17.3 Å². The largest absolute Gasteiger partial charge is 0.304 e. The smallest absolute Gasteiger partial charge is 0.269 e. The number of aryl methyl sites for hydroxylation is 1. The Kier molecular flexibility index (Phi) is 3.24. The first-order valence-electron chi connectivity index (χ1n) is 7.08. The van der Waals surface area contributed by atoms with Gasteiger partial charge in [-0.3, -0.25) is 9.78 Å². The zero-order chi connectivity index (χ0) is 15.8. The predicted octanol–water partition coefficient (Wildman–Crippen LogP) is 3.42. The number of aromatic amines is 1. The van der Waals surface area contributed by atoms with Gasteiger partial charge in [0.15, 0.2) is 5.82 Å². The monoisotopic (exact) mass is 320 g/mol. The molecule has 4 rings (SSSR count). The van der Waals surface area contributed by atoms with Crippen molar-refractivity contribution >= 4 is 21.6 Å². The summed E-state index contributed by atoms with van der Waals surface area (Å²) in [6.07, 6.45) is 4.74. The normalized spacial score (nSPS) is 11.0. The summed E-state index contributed by atoms with van der Waals surface area (Å²) in [4.78, 5) is 28.9. The lowest BCUT2D eigenvalue weighted by atomic mass is 10.1. The van der Waals surface area contributed by atoms with E-state index in [0.29, 0.717) is 21.7 Å². The molecule has 6 heteroatoms. The van der Waals surface area contributed by atoms with Gasteiger partial charge in [0.1, 0.15) is 10.4 Å². The van der Waals surface area contributed by atoms with E-state index in [1.807, 2.05) is 13.0 Å². The van der Waals surface area contributed by atoms with E-state index in [-0.39, 0.29) is 5.56 Å². The Balaban J connectivity index is 1.87. The molecule has 3 heterocycles. The molecule has 0 aliphatic carbocycles. The Morgan fingerprint density at radius 3 is 2.70 bits per heavy atom. The van der Waals surface area contributed by atoms with Crippen LogP contribution in [0.4, 0.5) is 0 Å². The van der Waals surface area contributed by atoms with Crippen LogP contribution < -0.4 is 5.56 Å². The summed E-state index contributed by atoms with van der Waals surface area (Å²) in [5.41, 5.74) is 3.36. The molecule has 0 aliphatic heterocycles. The Morgan fingerprint density at radius 1 is 1.13 bits per heavy atom. The Bertz CT molecular complexity index is 1040. The summed E-state index contributed by atoms with van der Waals surface area (Å²) >= 11 is 1.44. The van der Waals surface area contributed by atoms with E-state index in [9.17, 15) is 4.79 Å². The molecule has 3 aromatic heterocycles. The van der Waals surface area contributed by atoms with Crippen molar-refractivity contribution in [3.8, 4) is 22.0 Å². The number of aromatic nitrogens is 4. The Hall–Kier alpha value is -2.86. The van der Waals surface area contributed by atoms with Crippen LogP contribution in [-0.2, 0) is 0 Å². The van der Waals surface area contributed by atoms with Crippen molar-refractivity contribution in [2.24, 2.45) is 0 Å². The van der Waals surface area contributed by atoms with Crippen molar-refractivity contribution in [1.29, 1.82) is 0 Å². The molecule has 112 valence electrons. The molecule has 0 radical (unpaired) electrons. The van der Waals surface area contributed by atoms with Crippen LogP contribution in [0.3, 0.4) is 0 Å². The lowest BCUT2D eigenvalue weighted by molar-refractivity contribution is 1.12. The summed E-state index contributed by atoms with van der Waals surface area (Å²) in [5.74, 6) is 0.434. The van der Waals surface area contributed by atoms with E-state index in [2.05, 4.69) is 44.2 Å². The van der Waals surface area contributed by atoms with E-state index in [1.54, 1.807) is 18.6 Å². The lowest BCUT2D eigenvalue weighted by Gasteiger charge is -1.98. The minimum Gasteiger partial charge on any atom is -0.304 e. The van der Waals surface area contributed by atoms with Crippen LogP contribution in [0.25, 0.3) is 32.2 Å². The molecule has 0 atom stereocenters. The molecular weight excluding hydrogens is 308 g/mol. The van der Waals surface area contributed by atoms with Gasteiger partial charge >= 0.3 is 0 Å². The number of thiophene rings is 1. The first-order valence-corrected chi connectivity index (χ1v) is 7.90. The molecule has 0 spiro atoms. The van der Waals surface area contributed by atoms with Gasteiger partial charge in [0.25, 0.3) is 5.56 Å². The van der Waals surface area contributed by atoms with Gasteiger partial charge in [-0.05, 0) is 18.6 Å². The van der Waals surface area contributed by atoms with Gasteiger partial charge in [0.05, 0.1) is 11.7 Å². The number of fused-ring (bicyclic) bond motifs is 1. The van der Waals surface area contributed by atoms with Gasteiger partial charge in [0.2, 0.25) is 0 Å². The molecule has 1 N–H and O–H groups in total. The molecule has 4 aromatic rings. The van der Waals surface area contributed by atoms with Crippen molar-refractivity contribution in [1.82, 2.24) is 19.9 Å². The lowest BCUT2D eigenvalue weighted by Crippen LogP contribution is -2.08. The summed E-state index contributed by atoms with van der Waals surface area (Å²) in [6.45, 7) is 2.05. The standard InChI is InChI=1S/C17H12N4OS/c1-10-2-4-11(5-3-10)14-8-12-15(23-14)17(22)21-16(20-12)13-9-18-6-7-19-13/h2-9H,1H3,(H,20,21,22). The average molecular weight is 320 g/mol. The quantitative estimate of drug-likeness (QED) is 0.614. The first kappa shape index (κ1) is 13.8. The van der Waals surface area contributed by atoms with E-state index >= 15 is 0 Å². The number of rotatable bonds is 2. The fourth-order valence-electron chi connectivity index (χ4n) is 2.34. The highest BCUT2D eigenvalue weighted by Crippen LogP contribution is 2.31. The molecule has 0 bridgehead atoms. The molecule has 0 amide bonds. The molecule has 1 aromatic carbocycles. The SMILES string of the molecule is Cc1ccc(-c2cc3nc(-c4cnccn4)[nH]c(=O)c3s2)cc1. The van der Waals surface area contributed by atoms with Crippen LogP contribution in [-0.4, -0.2) is 19.9 Å².